The first kappa shape index (κ1) is 19.5. The number of ether oxygens (including phenoxy) is 1. The Hall–Kier alpha value is -2.22. The molecule has 1 saturated heterocycles. The van der Waals surface area contributed by atoms with Gasteiger partial charge in [-0.3, -0.25) is 9.69 Å². The summed E-state index contributed by atoms with van der Waals surface area (Å²) in [7, 11) is 1.64. The van der Waals surface area contributed by atoms with Gasteiger partial charge in [0.1, 0.15) is 12.4 Å². The second-order valence-corrected chi connectivity index (χ2v) is 6.97. The topological polar surface area (TPSA) is 70.6 Å². The number of piperazine rings is 1. The molecule has 1 N–H and O–H groups in total. The van der Waals surface area contributed by atoms with E-state index in [0.717, 1.165) is 43.4 Å². The van der Waals surface area contributed by atoms with Crippen molar-refractivity contribution in [3.63, 3.8) is 0 Å². The number of hydrogen-bond donors (Lipinski definition) is 1. The summed E-state index contributed by atoms with van der Waals surface area (Å²) in [6, 6.07) is 9.11. The molecule has 3 rings (SSSR count). The quantitative estimate of drug-likeness (QED) is 0.817. The number of amides is 1. The van der Waals surface area contributed by atoms with Gasteiger partial charge in [-0.1, -0.05) is 11.6 Å². The van der Waals surface area contributed by atoms with E-state index >= 15 is 0 Å². The van der Waals surface area contributed by atoms with E-state index in [9.17, 15) is 4.79 Å². The number of anilines is 2. The van der Waals surface area contributed by atoms with E-state index in [0.29, 0.717) is 24.0 Å². The first-order valence-corrected chi connectivity index (χ1v) is 9.27. The van der Waals surface area contributed by atoms with E-state index < -0.39 is 0 Å². The third-order valence-corrected chi connectivity index (χ3v) is 4.60. The molecule has 0 atom stereocenters. The van der Waals surface area contributed by atoms with Crippen LogP contribution in [0.25, 0.3) is 0 Å². The predicted octanol–water partition coefficient (Wildman–Crippen LogP) is 2.35. The van der Waals surface area contributed by atoms with E-state index in [4.69, 9.17) is 16.3 Å². The maximum atomic E-state index is 12.2. The summed E-state index contributed by atoms with van der Waals surface area (Å²) in [5.74, 6) is 1.59. The number of nitrogens with one attached hydrogen (secondary N) is 1. The molecule has 0 unspecified atom stereocenters. The van der Waals surface area contributed by atoms with Gasteiger partial charge in [0.2, 0.25) is 5.91 Å². The molecule has 0 saturated carbocycles. The van der Waals surface area contributed by atoms with Crippen LogP contribution in [-0.4, -0.2) is 60.6 Å². The van der Waals surface area contributed by atoms with Crippen LogP contribution < -0.4 is 10.2 Å². The zero-order valence-electron chi connectivity index (χ0n) is 15.6. The number of aromatic nitrogens is 2. The minimum atomic E-state index is -0.0222. The lowest BCUT2D eigenvalue weighted by atomic mass is 10.2. The van der Waals surface area contributed by atoms with Gasteiger partial charge in [0.15, 0.2) is 5.82 Å². The molecular formula is C19H24ClN5O2. The number of aryl methyl sites for hydroxylation is 1. The van der Waals surface area contributed by atoms with Crippen molar-refractivity contribution in [2.24, 2.45) is 0 Å². The molecular weight excluding hydrogens is 366 g/mol. The van der Waals surface area contributed by atoms with Crippen LogP contribution in [0.15, 0.2) is 30.3 Å². The van der Waals surface area contributed by atoms with Crippen LogP contribution in [0.3, 0.4) is 0 Å². The van der Waals surface area contributed by atoms with E-state index in [2.05, 4.69) is 25.1 Å². The number of rotatable bonds is 6. The Bertz CT molecular complexity index is 776. The molecule has 1 aromatic carbocycles. The van der Waals surface area contributed by atoms with Crippen LogP contribution in [-0.2, 0) is 16.1 Å². The van der Waals surface area contributed by atoms with Crippen molar-refractivity contribution in [2.45, 2.75) is 13.5 Å². The Kier molecular flexibility index (Phi) is 6.60. The second-order valence-electron chi connectivity index (χ2n) is 6.54. The zero-order chi connectivity index (χ0) is 19.2. The molecule has 2 heterocycles. The summed E-state index contributed by atoms with van der Waals surface area (Å²) < 4.78 is 5.14. The number of methoxy groups -OCH3 is 1. The lowest BCUT2D eigenvalue weighted by molar-refractivity contribution is -0.117. The molecule has 27 heavy (non-hydrogen) atoms. The summed E-state index contributed by atoms with van der Waals surface area (Å²) in [6.45, 7) is 5.97. The average Bonchev–Trinajstić information content (AvgIpc) is 2.64. The van der Waals surface area contributed by atoms with Crippen LogP contribution >= 0.6 is 11.6 Å². The maximum Gasteiger partial charge on any atom is 0.238 e. The normalized spacial score (nSPS) is 15.0. The van der Waals surface area contributed by atoms with Gasteiger partial charge >= 0.3 is 0 Å². The fourth-order valence-corrected chi connectivity index (χ4v) is 3.17. The first-order valence-electron chi connectivity index (χ1n) is 8.90. The fraction of sp³-hybridized carbons (Fsp3) is 0.421. The lowest BCUT2D eigenvalue weighted by Crippen LogP contribution is -2.49. The van der Waals surface area contributed by atoms with E-state index in [1.165, 1.54) is 0 Å². The number of nitrogens with zero attached hydrogens (tertiary/aromatic N) is 4. The van der Waals surface area contributed by atoms with Crippen molar-refractivity contribution >= 4 is 29.0 Å². The van der Waals surface area contributed by atoms with E-state index in [-0.39, 0.29) is 5.91 Å². The summed E-state index contributed by atoms with van der Waals surface area (Å²) in [5, 5.41) is 3.55. The third kappa shape index (κ3) is 5.63. The smallest absolute Gasteiger partial charge is 0.238 e. The van der Waals surface area contributed by atoms with Crippen LogP contribution in [0, 0.1) is 6.92 Å². The van der Waals surface area contributed by atoms with Gasteiger partial charge in [0.05, 0.1) is 6.54 Å². The van der Waals surface area contributed by atoms with Gasteiger partial charge in [-0.2, -0.15) is 0 Å². The summed E-state index contributed by atoms with van der Waals surface area (Å²) in [5.41, 5.74) is 1.68. The maximum absolute atomic E-state index is 12.2. The van der Waals surface area contributed by atoms with Crippen LogP contribution in [0.5, 0.6) is 0 Å². The molecule has 0 bridgehead atoms. The van der Waals surface area contributed by atoms with Crippen molar-refractivity contribution in [3.8, 4) is 0 Å². The number of benzene rings is 1. The lowest BCUT2D eigenvalue weighted by Gasteiger charge is -2.35. The highest BCUT2D eigenvalue weighted by molar-refractivity contribution is 6.30. The molecule has 0 radical (unpaired) electrons. The fourth-order valence-electron chi connectivity index (χ4n) is 3.04. The van der Waals surface area contributed by atoms with Gasteiger partial charge < -0.3 is 15.0 Å². The molecule has 7 nitrogen and oxygen atoms in total. The van der Waals surface area contributed by atoms with Crippen molar-refractivity contribution < 1.29 is 9.53 Å². The molecule has 1 aliphatic rings. The first-order chi connectivity index (χ1) is 13.0. The van der Waals surface area contributed by atoms with Crippen molar-refractivity contribution in [3.05, 3.63) is 46.9 Å². The van der Waals surface area contributed by atoms with Gasteiger partial charge in [-0.15, -0.1) is 0 Å². The number of hydrogen-bond acceptors (Lipinski definition) is 6. The van der Waals surface area contributed by atoms with Gasteiger partial charge in [-0.25, -0.2) is 9.97 Å². The Morgan fingerprint density at radius 1 is 1.19 bits per heavy atom. The molecule has 0 aliphatic carbocycles. The molecule has 0 spiro atoms. The summed E-state index contributed by atoms with van der Waals surface area (Å²) >= 11 is 5.86. The minimum absolute atomic E-state index is 0.0222. The summed E-state index contributed by atoms with van der Waals surface area (Å²) in [4.78, 5) is 25.6. The second kappa shape index (κ2) is 9.12. The monoisotopic (exact) mass is 389 g/mol. The Morgan fingerprint density at radius 2 is 1.89 bits per heavy atom. The van der Waals surface area contributed by atoms with Gasteiger partial charge in [-0.05, 0) is 31.2 Å². The number of carbonyl (C=O) groups is 1. The molecule has 1 aliphatic heterocycles. The molecule has 2 aromatic rings. The third-order valence-electron chi connectivity index (χ3n) is 4.35. The highest BCUT2D eigenvalue weighted by Gasteiger charge is 2.20. The van der Waals surface area contributed by atoms with Crippen LogP contribution in [0.4, 0.5) is 11.5 Å². The SMILES string of the molecule is COCc1nc(C)cc(N2CCN(CC(=O)Nc3ccc(Cl)cc3)CC2)n1. The summed E-state index contributed by atoms with van der Waals surface area (Å²) in [6.07, 6.45) is 0. The highest BCUT2D eigenvalue weighted by atomic mass is 35.5. The standard InChI is InChI=1S/C19H24ClN5O2/c1-14-11-18(23-17(21-14)13-27-2)25-9-7-24(8-10-25)12-19(26)22-16-5-3-15(20)4-6-16/h3-6,11H,7-10,12-13H2,1-2H3,(H,22,26). The Labute approximate surface area is 164 Å². The molecule has 144 valence electrons. The molecule has 1 aromatic heterocycles. The largest absolute Gasteiger partial charge is 0.377 e. The molecule has 1 fully saturated rings. The average molecular weight is 390 g/mol. The molecule has 1 amide bonds. The van der Waals surface area contributed by atoms with Crippen LogP contribution in [0.1, 0.15) is 11.5 Å². The number of carbonyl (C=O) groups excluding carboxylic acids is 1. The van der Waals surface area contributed by atoms with Crippen LogP contribution in [0.2, 0.25) is 5.02 Å². The van der Waals surface area contributed by atoms with Crippen molar-refractivity contribution in [1.82, 2.24) is 14.9 Å². The van der Waals surface area contributed by atoms with Gasteiger partial charge in [0.25, 0.3) is 0 Å². The predicted molar refractivity (Wildman–Crippen MR) is 106 cm³/mol. The Morgan fingerprint density at radius 3 is 2.56 bits per heavy atom. The minimum Gasteiger partial charge on any atom is -0.377 e. The van der Waals surface area contributed by atoms with Crippen molar-refractivity contribution in [2.75, 3.05) is 50.1 Å². The van der Waals surface area contributed by atoms with Crippen molar-refractivity contribution in [1.29, 1.82) is 0 Å². The number of halogens is 1. The van der Waals surface area contributed by atoms with E-state index in [1.807, 2.05) is 13.0 Å². The van der Waals surface area contributed by atoms with Gasteiger partial charge in [0, 0.05) is 55.8 Å². The Balaban J connectivity index is 1.51. The zero-order valence-corrected chi connectivity index (χ0v) is 16.4. The van der Waals surface area contributed by atoms with E-state index in [1.54, 1.807) is 31.4 Å². The molecule has 8 heteroatoms. The highest BCUT2D eigenvalue weighted by Crippen LogP contribution is 2.16.